The highest BCUT2D eigenvalue weighted by molar-refractivity contribution is 6.31. The lowest BCUT2D eigenvalue weighted by Crippen LogP contribution is -2.29. The molecule has 1 aliphatic rings. The van der Waals surface area contributed by atoms with E-state index in [1.54, 1.807) is 10.8 Å². The molecule has 0 unspecified atom stereocenters. The van der Waals surface area contributed by atoms with Crippen molar-refractivity contribution in [2.45, 2.75) is 25.5 Å². The molecule has 0 bridgehead atoms. The number of rotatable bonds is 5. The van der Waals surface area contributed by atoms with E-state index in [-0.39, 0.29) is 12.4 Å². The smallest absolute Gasteiger partial charge is 0.141 e. The predicted molar refractivity (Wildman–Crippen MR) is 114 cm³/mol. The number of aromatic nitrogens is 4. The average molecular weight is 426 g/mol. The Hall–Kier alpha value is -2.90. The number of fused-ring (bicyclic) bond motifs is 1. The zero-order valence-corrected chi connectivity index (χ0v) is 17.0. The molecule has 0 saturated carbocycles. The second-order valence-electron chi connectivity index (χ2n) is 7.47. The second-order valence-corrected chi connectivity index (χ2v) is 7.88. The van der Waals surface area contributed by atoms with E-state index in [9.17, 15) is 4.39 Å². The van der Waals surface area contributed by atoms with Gasteiger partial charge in [0.15, 0.2) is 0 Å². The molecule has 8 heteroatoms. The fourth-order valence-corrected chi connectivity index (χ4v) is 4.02. The number of pyridine rings is 1. The SMILES string of the molecule is Fc1ccc(COn2ccc3ncc(-c4cnn(C5CCNCC5)c4)cc32)c(Cl)c1. The number of nitrogens with zero attached hydrogens (tertiary/aromatic N) is 4. The van der Waals surface area contributed by atoms with Crippen LogP contribution in [0.5, 0.6) is 0 Å². The van der Waals surface area contributed by atoms with Crippen LogP contribution in [-0.4, -0.2) is 32.6 Å². The van der Waals surface area contributed by atoms with Crippen LogP contribution in [0.25, 0.3) is 22.2 Å². The molecule has 3 aromatic heterocycles. The third-order valence-electron chi connectivity index (χ3n) is 5.49. The summed E-state index contributed by atoms with van der Waals surface area (Å²) in [6.07, 6.45) is 9.81. The summed E-state index contributed by atoms with van der Waals surface area (Å²) in [6, 6.07) is 8.65. The van der Waals surface area contributed by atoms with Crippen molar-refractivity contribution < 1.29 is 9.23 Å². The van der Waals surface area contributed by atoms with Gasteiger partial charge >= 0.3 is 0 Å². The molecule has 0 atom stereocenters. The molecule has 0 spiro atoms. The summed E-state index contributed by atoms with van der Waals surface area (Å²) in [6.45, 7) is 2.27. The molecule has 0 radical (unpaired) electrons. The lowest BCUT2D eigenvalue weighted by Gasteiger charge is -2.22. The Kier molecular flexibility index (Phi) is 5.14. The van der Waals surface area contributed by atoms with Crippen molar-refractivity contribution in [3.05, 3.63) is 71.5 Å². The van der Waals surface area contributed by atoms with Gasteiger partial charge in [-0.15, -0.1) is 0 Å². The highest BCUT2D eigenvalue weighted by Crippen LogP contribution is 2.26. The maximum Gasteiger partial charge on any atom is 0.141 e. The summed E-state index contributed by atoms with van der Waals surface area (Å²) in [5.41, 5.74) is 4.39. The molecule has 1 aromatic carbocycles. The first-order chi connectivity index (χ1) is 14.7. The fraction of sp³-hybridized carbons (Fsp3) is 0.273. The number of nitrogens with one attached hydrogen (secondary N) is 1. The minimum atomic E-state index is -0.367. The van der Waals surface area contributed by atoms with Gasteiger partial charge in [-0.1, -0.05) is 17.7 Å². The lowest BCUT2D eigenvalue weighted by atomic mass is 10.1. The van der Waals surface area contributed by atoms with Gasteiger partial charge in [-0.25, -0.2) is 4.39 Å². The van der Waals surface area contributed by atoms with Gasteiger partial charge in [0.25, 0.3) is 0 Å². The Balaban J connectivity index is 1.38. The number of hydrogen-bond acceptors (Lipinski definition) is 4. The van der Waals surface area contributed by atoms with Gasteiger partial charge in [0.05, 0.1) is 22.8 Å². The van der Waals surface area contributed by atoms with Gasteiger partial charge in [0, 0.05) is 35.3 Å². The van der Waals surface area contributed by atoms with Crippen molar-refractivity contribution in [3.63, 3.8) is 0 Å². The average Bonchev–Trinajstić information content (AvgIpc) is 3.41. The van der Waals surface area contributed by atoms with Gasteiger partial charge in [0.2, 0.25) is 0 Å². The first-order valence-electron chi connectivity index (χ1n) is 9.97. The van der Waals surface area contributed by atoms with E-state index in [2.05, 4.69) is 26.3 Å². The minimum absolute atomic E-state index is 0.223. The maximum absolute atomic E-state index is 13.2. The van der Waals surface area contributed by atoms with Gasteiger partial charge in [-0.3, -0.25) is 9.67 Å². The third-order valence-corrected chi connectivity index (χ3v) is 5.85. The Bertz CT molecular complexity index is 1180. The third kappa shape index (κ3) is 3.78. The number of benzene rings is 1. The molecular weight excluding hydrogens is 405 g/mol. The van der Waals surface area contributed by atoms with Crippen LogP contribution in [0.1, 0.15) is 24.4 Å². The summed E-state index contributed by atoms with van der Waals surface area (Å²) in [7, 11) is 0. The molecule has 1 N–H and O–H groups in total. The van der Waals surface area contributed by atoms with E-state index in [0.29, 0.717) is 16.6 Å². The standard InChI is InChI=1S/C22H21ClFN5O/c23-20-10-18(24)2-1-15(20)14-30-29-8-5-21-22(29)9-16(11-26-21)17-12-27-28(13-17)19-3-6-25-7-4-19/h1-2,5,8-13,19,25H,3-4,6-7,14H2. The number of piperidine rings is 1. The van der Waals surface area contributed by atoms with Gasteiger partial charge in [-0.2, -0.15) is 9.83 Å². The summed E-state index contributed by atoms with van der Waals surface area (Å²) in [5.74, 6) is -0.367. The topological polar surface area (TPSA) is 56.9 Å². The zero-order valence-electron chi connectivity index (χ0n) is 16.3. The van der Waals surface area contributed by atoms with Crippen molar-refractivity contribution >= 4 is 22.6 Å². The highest BCUT2D eigenvalue weighted by atomic mass is 35.5. The zero-order chi connectivity index (χ0) is 20.5. The molecule has 0 amide bonds. The van der Waals surface area contributed by atoms with Crippen molar-refractivity contribution in [3.8, 4) is 11.1 Å². The van der Waals surface area contributed by atoms with E-state index in [1.807, 2.05) is 30.7 Å². The summed E-state index contributed by atoms with van der Waals surface area (Å²) >= 11 is 6.10. The minimum Gasteiger partial charge on any atom is -0.409 e. The molecule has 6 nitrogen and oxygen atoms in total. The van der Waals surface area contributed by atoms with Crippen molar-refractivity contribution in [1.29, 1.82) is 0 Å². The van der Waals surface area contributed by atoms with Crippen LogP contribution >= 0.6 is 11.6 Å². The van der Waals surface area contributed by atoms with Crippen LogP contribution in [0.15, 0.2) is 55.1 Å². The molecule has 30 heavy (non-hydrogen) atoms. The number of halogens is 2. The van der Waals surface area contributed by atoms with E-state index >= 15 is 0 Å². The molecule has 1 saturated heterocycles. The molecule has 5 rings (SSSR count). The Morgan fingerprint density at radius 1 is 1.13 bits per heavy atom. The Morgan fingerprint density at radius 3 is 2.83 bits per heavy atom. The van der Waals surface area contributed by atoms with Crippen LogP contribution < -0.4 is 10.2 Å². The largest absolute Gasteiger partial charge is 0.409 e. The van der Waals surface area contributed by atoms with Crippen molar-refractivity contribution in [1.82, 2.24) is 24.8 Å². The Labute approximate surface area is 178 Å². The van der Waals surface area contributed by atoms with Crippen LogP contribution in [0.2, 0.25) is 5.02 Å². The molecule has 154 valence electrons. The number of hydrogen-bond donors (Lipinski definition) is 1. The van der Waals surface area contributed by atoms with Gasteiger partial charge < -0.3 is 10.2 Å². The van der Waals surface area contributed by atoms with Crippen LogP contribution in [-0.2, 0) is 6.61 Å². The lowest BCUT2D eigenvalue weighted by molar-refractivity contribution is 0.107. The maximum atomic E-state index is 13.2. The Morgan fingerprint density at radius 2 is 2.00 bits per heavy atom. The van der Waals surface area contributed by atoms with E-state index in [1.165, 1.54) is 12.1 Å². The summed E-state index contributed by atoms with van der Waals surface area (Å²) in [5, 5.41) is 8.30. The van der Waals surface area contributed by atoms with E-state index in [0.717, 1.165) is 48.1 Å². The van der Waals surface area contributed by atoms with Gasteiger partial charge in [0.1, 0.15) is 17.9 Å². The quantitative estimate of drug-likeness (QED) is 0.519. The van der Waals surface area contributed by atoms with Gasteiger partial charge in [-0.05, 0) is 50.2 Å². The molecule has 1 aliphatic heterocycles. The summed E-state index contributed by atoms with van der Waals surface area (Å²) < 4.78 is 17.0. The molecule has 4 aromatic rings. The normalized spacial score (nSPS) is 15.0. The first-order valence-corrected chi connectivity index (χ1v) is 10.3. The second kappa shape index (κ2) is 8.08. The highest BCUT2D eigenvalue weighted by Gasteiger charge is 2.16. The molecular formula is C22H21ClFN5O. The van der Waals surface area contributed by atoms with Crippen molar-refractivity contribution in [2.75, 3.05) is 13.1 Å². The monoisotopic (exact) mass is 425 g/mol. The molecule has 0 aliphatic carbocycles. The van der Waals surface area contributed by atoms with Crippen LogP contribution in [0.3, 0.4) is 0 Å². The predicted octanol–water partition coefficient (Wildman–Crippen LogP) is 4.25. The fourth-order valence-electron chi connectivity index (χ4n) is 3.79. The van der Waals surface area contributed by atoms with Crippen LogP contribution in [0.4, 0.5) is 4.39 Å². The summed E-state index contributed by atoms with van der Waals surface area (Å²) in [4.78, 5) is 10.5. The van der Waals surface area contributed by atoms with E-state index in [4.69, 9.17) is 16.4 Å². The van der Waals surface area contributed by atoms with Crippen molar-refractivity contribution in [2.24, 2.45) is 0 Å². The van der Waals surface area contributed by atoms with Crippen LogP contribution in [0, 0.1) is 5.82 Å². The molecule has 1 fully saturated rings. The first kappa shape index (κ1) is 19.1. The molecule has 4 heterocycles. The van der Waals surface area contributed by atoms with E-state index < -0.39 is 0 Å².